The Morgan fingerprint density at radius 3 is 2.58 bits per heavy atom. The van der Waals surface area contributed by atoms with Gasteiger partial charge in [-0.1, -0.05) is 19.1 Å². The van der Waals surface area contributed by atoms with Gasteiger partial charge in [0, 0.05) is 0 Å². The predicted molar refractivity (Wildman–Crippen MR) is 79.1 cm³/mol. The van der Waals surface area contributed by atoms with E-state index >= 15 is 0 Å². The standard InChI is InChI=1S/C16H21FOS/c1-3-16(12(2)18,14-5-4-10-19-11-14)13-6-8-15(17)9-7-13/h6-9,14H,3-5,10-11H2,1-2H3. The molecule has 104 valence electrons. The van der Waals surface area contributed by atoms with E-state index in [2.05, 4.69) is 6.92 Å². The summed E-state index contributed by atoms with van der Waals surface area (Å²) in [4.78, 5) is 12.4. The van der Waals surface area contributed by atoms with Crippen molar-refractivity contribution in [2.75, 3.05) is 11.5 Å². The quantitative estimate of drug-likeness (QED) is 0.822. The molecular formula is C16H21FOS. The van der Waals surface area contributed by atoms with Crippen LogP contribution in [0, 0.1) is 11.7 Å². The fourth-order valence-electron chi connectivity index (χ4n) is 3.34. The van der Waals surface area contributed by atoms with E-state index in [1.807, 2.05) is 11.8 Å². The van der Waals surface area contributed by atoms with Crippen LogP contribution < -0.4 is 0 Å². The largest absolute Gasteiger partial charge is 0.299 e. The Morgan fingerprint density at radius 2 is 2.11 bits per heavy atom. The summed E-state index contributed by atoms with van der Waals surface area (Å²) in [5, 5.41) is 0. The van der Waals surface area contributed by atoms with Crippen molar-refractivity contribution in [3.05, 3.63) is 35.6 Å². The van der Waals surface area contributed by atoms with Crippen molar-refractivity contribution in [1.29, 1.82) is 0 Å². The van der Waals surface area contributed by atoms with E-state index < -0.39 is 5.41 Å². The Morgan fingerprint density at radius 1 is 1.42 bits per heavy atom. The zero-order valence-electron chi connectivity index (χ0n) is 11.6. The van der Waals surface area contributed by atoms with E-state index in [1.165, 1.54) is 24.3 Å². The molecule has 0 saturated carbocycles. The number of Topliss-reactive ketones (excluding diaryl/α,β-unsaturated/α-hetero) is 1. The molecule has 1 aromatic rings. The van der Waals surface area contributed by atoms with E-state index in [9.17, 15) is 9.18 Å². The number of carbonyl (C=O) groups excluding carboxylic acids is 1. The van der Waals surface area contributed by atoms with Gasteiger partial charge in [0.2, 0.25) is 0 Å². The van der Waals surface area contributed by atoms with Gasteiger partial charge in [0.05, 0.1) is 5.41 Å². The van der Waals surface area contributed by atoms with Crippen LogP contribution in [0.1, 0.15) is 38.7 Å². The van der Waals surface area contributed by atoms with E-state index in [-0.39, 0.29) is 11.6 Å². The lowest BCUT2D eigenvalue weighted by Gasteiger charge is -2.40. The van der Waals surface area contributed by atoms with Gasteiger partial charge in [-0.05, 0) is 61.3 Å². The molecule has 1 aliphatic rings. The summed E-state index contributed by atoms with van der Waals surface area (Å²) < 4.78 is 13.1. The topological polar surface area (TPSA) is 17.1 Å². The van der Waals surface area contributed by atoms with Gasteiger partial charge in [-0.15, -0.1) is 0 Å². The molecule has 2 atom stereocenters. The molecule has 0 amide bonds. The first kappa shape index (κ1) is 14.6. The Labute approximate surface area is 119 Å². The highest BCUT2D eigenvalue weighted by Crippen LogP contribution is 2.43. The van der Waals surface area contributed by atoms with Crippen molar-refractivity contribution in [3.8, 4) is 0 Å². The highest BCUT2D eigenvalue weighted by atomic mass is 32.2. The van der Waals surface area contributed by atoms with Crippen LogP contribution in [0.15, 0.2) is 24.3 Å². The first-order valence-corrected chi connectivity index (χ1v) is 8.11. The number of ketones is 1. The summed E-state index contributed by atoms with van der Waals surface area (Å²) in [7, 11) is 0. The number of hydrogen-bond donors (Lipinski definition) is 0. The van der Waals surface area contributed by atoms with E-state index in [0.29, 0.717) is 5.92 Å². The summed E-state index contributed by atoms with van der Waals surface area (Å²) >= 11 is 1.93. The van der Waals surface area contributed by atoms with Crippen molar-refractivity contribution < 1.29 is 9.18 Å². The minimum absolute atomic E-state index is 0.217. The fourth-order valence-corrected chi connectivity index (χ4v) is 4.62. The number of thioether (sulfide) groups is 1. The summed E-state index contributed by atoms with van der Waals surface area (Å²) in [6.45, 7) is 3.76. The lowest BCUT2D eigenvalue weighted by atomic mass is 9.65. The van der Waals surface area contributed by atoms with E-state index in [0.717, 1.165) is 24.2 Å². The molecule has 0 spiro atoms. The number of hydrogen-bond acceptors (Lipinski definition) is 2. The van der Waals surface area contributed by atoms with Gasteiger partial charge < -0.3 is 0 Å². The van der Waals surface area contributed by atoms with Crippen LogP contribution in [-0.4, -0.2) is 17.3 Å². The number of carbonyl (C=O) groups is 1. The Balaban J connectivity index is 2.43. The van der Waals surface area contributed by atoms with E-state index in [1.54, 1.807) is 19.1 Å². The van der Waals surface area contributed by atoms with Crippen molar-refractivity contribution in [2.24, 2.45) is 5.92 Å². The molecule has 0 N–H and O–H groups in total. The van der Waals surface area contributed by atoms with Crippen molar-refractivity contribution >= 4 is 17.5 Å². The summed E-state index contributed by atoms with van der Waals surface area (Å²) in [6.07, 6.45) is 3.06. The molecule has 3 heteroatoms. The van der Waals surface area contributed by atoms with Crippen LogP contribution in [0.5, 0.6) is 0 Å². The second kappa shape index (κ2) is 6.08. The highest BCUT2D eigenvalue weighted by molar-refractivity contribution is 7.99. The molecule has 1 aromatic carbocycles. The molecule has 2 rings (SSSR count). The van der Waals surface area contributed by atoms with Gasteiger partial charge in [-0.3, -0.25) is 4.79 Å². The molecule has 1 saturated heterocycles. The second-order valence-electron chi connectivity index (χ2n) is 5.30. The molecule has 0 aliphatic carbocycles. The van der Waals surface area contributed by atoms with Gasteiger partial charge in [0.1, 0.15) is 11.6 Å². The minimum Gasteiger partial charge on any atom is -0.299 e. The first-order valence-electron chi connectivity index (χ1n) is 6.96. The van der Waals surface area contributed by atoms with Crippen LogP contribution >= 0.6 is 11.8 Å². The summed E-state index contributed by atoms with van der Waals surface area (Å²) in [5.41, 5.74) is 0.553. The fraction of sp³-hybridized carbons (Fsp3) is 0.562. The Kier molecular flexibility index (Phi) is 4.67. The molecule has 1 nitrogen and oxygen atoms in total. The number of benzene rings is 1. The molecule has 0 bridgehead atoms. The summed E-state index contributed by atoms with van der Waals surface area (Å²) in [5.74, 6) is 2.58. The highest BCUT2D eigenvalue weighted by Gasteiger charge is 2.43. The van der Waals surface area contributed by atoms with Crippen molar-refractivity contribution in [2.45, 2.75) is 38.5 Å². The van der Waals surface area contributed by atoms with Gasteiger partial charge in [-0.25, -0.2) is 4.39 Å². The maximum atomic E-state index is 13.1. The van der Waals surface area contributed by atoms with E-state index in [4.69, 9.17) is 0 Å². The third kappa shape index (κ3) is 2.71. The molecule has 19 heavy (non-hydrogen) atoms. The molecule has 1 heterocycles. The number of halogens is 1. The smallest absolute Gasteiger partial charge is 0.140 e. The third-order valence-corrected chi connectivity index (χ3v) is 5.62. The Hall–Kier alpha value is -0.830. The lowest BCUT2D eigenvalue weighted by Crippen LogP contribution is -2.43. The maximum Gasteiger partial charge on any atom is 0.140 e. The van der Waals surface area contributed by atoms with Gasteiger partial charge in [0.25, 0.3) is 0 Å². The van der Waals surface area contributed by atoms with Gasteiger partial charge >= 0.3 is 0 Å². The second-order valence-corrected chi connectivity index (χ2v) is 6.45. The Bertz CT molecular complexity index is 437. The predicted octanol–water partition coefficient (Wildman–Crippen LogP) is 4.21. The van der Waals surface area contributed by atoms with Crippen LogP contribution in [0.3, 0.4) is 0 Å². The van der Waals surface area contributed by atoms with Crippen LogP contribution in [0.4, 0.5) is 4.39 Å². The molecular weight excluding hydrogens is 259 g/mol. The first-order chi connectivity index (χ1) is 9.11. The number of rotatable bonds is 4. The van der Waals surface area contributed by atoms with Crippen LogP contribution in [0.2, 0.25) is 0 Å². The third-order valence-electron chi connectivity index (χ3n) is 4.40. The molecule has 0 radical (unpaired) electrons. The zero-order valence-corrected chi connectivity index (χ0v) is 12.4. The molecule has 1 fully saturated rings. The monoisotopic (exact) mass is 280 g/mol. The van der Waals surface area contributed by atoms with Crippen LogP contribution in [-0.2, 0) is 10.2 Å². The average molecular weight is 280 g/mol. The SMILES string of the molecule is CCC(C(C)=O)(c1ccc(F)cc1)C1CCCSC1. The molecule has 0 aromatic heterocycles. The maximum absolute atomic E-state index is 13.1. The molecule has 2 unspecified atom stereocenters. The molecule has 1 aliphatic heterocycles. The normalized spacial score (nSPS) is 22.8. The van der Waals surface area contributed by atoms with Gasteiger partial charge in [0.15, 0.2) is 0 Å². The zero-order chi connectivity index (χ0) is 13.9. The van der Waals surface area contributed by atoms with Crippen molar-refractivity contribution in [1.82, 2.24) is 0 Å². The van der Waals surface area contributed by atoms with Crippen LogP contribution in [0.25, 0.3) is 0 Å². The van der Waals surface area contributed by atoms with Gasteiger partial charge in [-0.2, -0.15) is 11.8 Å². The lowest BCUT2D eigenvalue weighted by molar-refractivity contribution is -0.124. The average Bonchev–Trinajstić information content (AvgIpc) is 2.43. The summed E-state index contributed by atoms with van der Waals surface area (Å²) in [6, 6.07) is 6.52. The van der Waals surface area contributed by atoms with Crippen molar-refractivity contribution in [3.63, 3.8) is 0 Å². The minimum atomic E-state index is -0.429.